The highest BCUT2D eigenvalue weighted by atomic mass is 35.5. The van der Waals surface area contributed by atoms with Crippen LogP contribution in [-0.4, -0.2) is 35.3 Å². The van der Waals surface area contributed by atoms with Crippen molar-refractivity contribution >= 4 is 50.0 Å². The highest BCUT2D eigenvalue weighted by Gasteiger charge is 2.22. The Bertz CT molecular complexity index is 2280. The van der Waals surface area contributed by atoms with Crippen molar-refractivity contribution < 1.29 is 19.1 Å². The Morgan fingerprint density at radius 2 is 1.89 bits per heavy atom. The first kappa shape index (κ1) is 30.3. The van der Waals surface area contributed by atoms with Gasteiger partial charge in [-0.1, -0.05) is 61.9 Å². The van der Waals surface area contributed by atoms with Gasteiger partial charge in [-0.15, -0.1) is 0 Å². The summed E-state index contributed by atoms with van der Waals surface area (Å²) in [4.78, 5) is 22.9. The molecule has 7 rings (SSSR count). The number of ether oxygens (including phenoxy) is 1. The van der Waals surface area contributed by atoms with Crippen LogP contribution in [0.2, 0.25) is 5.02 Å². The number of oxazole rings is 1. The van der Waals surface area contributed by atoms with E-state index in [0.717, 1.165) is 37.9 Å². The zero-order chi connectivity index (χ0) is 32.9. The highest BCUT2D eigenvalue weighted by Crippen LogP contribution is 2.35. The number of phenols is 1. The van der Waals surface area contributed by atoms with Gasteiger partial charge in [0.05, 0.1) is 39.0 Å². The average molecular weight is 668 g/mol. The first-order chi connectivity index (χ1) is 22.5. The number of carbonyl (C=O) groups is 1. The molecule has 0 bridgehead atoms. The van der Waals surface area contributed by atoms with Crippen LogP contribution in [0.25, 0.3) is 32.4 Å². The molecule has 3 aromatic carbocycles. The summed E-state index contributed by atoms with van der Waals surface area (Å²) in [5.41, 5.74) is 3.64. The normalized spacial score (nSPS) is 11.8. The minimum absolute atomic E-state index is 0.0379. The van der Waals surface area contributed by atoms with Gasteiger partial charge in [0.15, 0.2) is 4.96 Å². The standard InChI is InChI=1S/C34H30ClN7O4S/c1-19-16-36-31(45-19)25-18-38-33-41(25)24-11-10-22(14-28(24)47-33)46-27-8-6-5-7-20(27)17-37-32(44)39-30-15-29(34(2,3)4)40-42(30)21-9-12-26(43)23(35)13-21/h5-16,18,43H,17H2,1-4H3,(H2,37,39,44). The number of carbonyl (C=O) groups excluding carboxylic acids is 1. The van der Waals surface area contributed by atoms with Crippen molar-refractivity contribution in [1.82, 2.24) is 29.5 Å². The van der Waals surface area contributed by atoms with Crippen LogP contribution >= 0.6 is 22.9 Å². The van der Waals surface area contributed by atoms with E-state index in [4.69, 9.17) is 25.9 Å². The van der Waals surface area contributed by atoms with E-state index in [-0.39, 0.29) is 22.7 Å². The Balaban J connectivity index is 1.08. The Morgan fingerprint density at radius 1 is 1.06 bits per heavy atom. The van der Waals surface area contributed by atoms with E-state index in [1.165, 1.54) is 6.07 Å². The second-order valence-corrected chi connectivity index (χ2v) is 13.4. The number of rotatable bonds is 7. The van der Waals surface area contributed by atoms with Crippen molar-refractivity contribution in [3.05, 3.63) is 101 Å². The summed E-state index contributed by atoms with van der Waals surface area (Å²) in [7, 11) is 0. The summed E-state index contributed by atoms with van der Waals surface area (Å²) in [6.07, 6.45) is 3.46. The van der Waals surface area contributed by atoms with Crippen LogP contribution in [0.15, 0.2) is 83.5 Å². The zero-order valence-electron chi connectivity index (χ0n) is 25.9. The number of urea groups is 1. The third-order valence-electron chi connectivity index (χ3n) is 7.48. The molecule has 3 N–H and O–H groups in total. The fraction of sp³-hybridized carbons (Fsp3) is 0.176. The van der Waals surface area contributed by atoms with Crippen molar-refractivity contribution in [3.63, 3.8) is 0 Å². The van der Waals surface area contributed by atoms with Crippen LogP contribution in [0.1, 0.15) is 37.8 Å². The maximum atomic E-state index is 13.2. The minimum Gasteiger partial charge on any atom is -0.506 e. The molecule has 11 nitrogen and oxygen atoms in total. The van der Waals surface area contributed by atoms with Crippen LogP contribution in [-0.2, 0) is 12.0 Å². The first-order valence-electron chi connectivity index (χ1n) is 14.8. The van der Waals surface area contributed by atoms with E-state index in [9.17, 15) is 9.90 Å². The lowest BCUT2D eigenvalue weighted by Crippen LogP contribution is -2.29. The summed E-state index contributed by atoms with van der Waals surface area (Å²) < 4.78 is 16.7. The molecule has 0 radical (unpaired) electrons. The number of phenolic OH excluding ortho intramolecular Hbond substituents is 1. The number of aryl methyl sites for hydroxylation is 1. The van der Waals surface area contributed by atoms with Crippen molar-refractivity contribution in [1.29, 1.82) is 0 Å². The molecule has 0 saturated heterocycles. The molecule has 0 aliphatic heterocycles. The number of imidazole rings is 1. The van der Waals surface area contributed by atoms with Crippen molar-refractivity contribution in [3.8, 4) is 34.5 Å². The fourth-order valence-electron chi connectivity index (χ4n) is 5.06. The van der Waals surface area contributed by atoms with Gasteiger partial charge in [0.1, 0.15) is 34.5 Å². The second kappa shape index (κ2) is 11.8. The Morgan fingerprint density at radius 3 is 2.66 bits per heavy atom. The maximum Gasteiger partial charge on any atom is 0.320 e. The zero-order valence-corrected chi connectivity index (χ0v) is 27.5. The number of aromatic hydroxyl groups is 1. The predicted octanol–water partition coefficient (Wildman–Crippen LogP) is 8.47. The largest absolute Gasteiger partial charge is 0.506 e. The van der Waals surface area contributed by atoms with E-state index in [0.29, 0.717) is 28.9 Å². The number of benzene rings is 3. The quantitative estimate of drug-likeness (QED) is 0.155. The topological polar surface area (TPSA) is 132 Å². The second-order valence-electron chi connectivity index (χ2n) is 12.0. The van der Waals surface area contributed by atoms with Crippen molar-refractivity contribution in [2.75, 3.05) is 5.32 Å². The molecule has 2 amide bonds. The molecule has 7 aromatic rings. The van der Waals surface area contributed by atoms with Crippen LogP contribution < -0.4 is 15.4 Å². The molecule has 0 spiro atoms. The molecule has 13 heteroatoms. The van der Waals surface area contributed by atoms with Crippen LogP contribution in [0.4, 0.5) is 10.6 Å². The monoisotopic (exact) mass is 667 g/mol. The SMILES string of the molecule is Cc1cnc(-c2cnc3sc4cc(Oc5ccccc5CNC(=O)Nc5cc(C(C)(C)C)nn5-c5ccc(O)c(Cl)c5)ccc4n23)o1. The molecule has 0 saturated carbocycles. The third-order valence-corrected chi connectivity index (χ3v) is 8.80. The molecule has 238 valence electrons. The Labute approximate surface area is 278 Å². The van der Waals surface area contributed by atoms with Crippen LogP contribution in [0.5, 0.6) is 17.2 Å². The molecule has 0 aliphatic carbocycles. The molecule has 4 aromatic heterocycles. The summed E-state index contributed by atoms with van der Waals surface area (Å²) in [5.74, 6) is 2.93. The number of thiazole rings is 1. The van der Waals surface area contributed by atoms with Gasteiger partial charge in [-0.3, -0.25) is 9.72 Å². The third kappa shape index (κ3) is 6.00. The van der Waals surface area contributed by atoms with Crippen molar-refractivity contribution in [2.45, 2.75) is 39.7 Å². The number of amides is 2. The highest BCUT2D eigenvalue weighted by molar-refractivity contribution is 7.23. The number of halogens is 1. The summed E-state index contributed by atoms with van der Waals surface area (Å²) in [5, 5.41) is 20.6. The van der Waals surface area contributed by atoms with Crippen molar-refractivity contribution in [2.24, 2.45) is 0 Å². The molecular weight excluding hydrogens is 638 g/mol. The van der Waals surface area contributed by atoms with E-state index in [1.807, 2.05) is 80.6 Å². The molecule has 0 aliphatic rings. The van der Waals surface area contributed by atoms with Gasteiger partial charge < -0.3 is 19.6 Å². The molecule has 0 fully saturated rings. The smallest absolute Gasteiger partial charge is 0.320 e. The van der Waals surface area contributed by atoms with E-state index >= 15 is 0 Å². The molecule has 0 unspecified atom stereocenters. The molecule has 4 heterocycles. The summed E-state index contributed by atoms with van der Waals surface area (Å²) >= 11 is 7.71. The van der Waals surface area contributed by atoms with E-state index < -0.39 is 6.03 Å². The first-order valence-corrected chi connectivity index (χ1v) is 16.0. The van der Waals surface area contributed by atoms with Crippen LogP contribution in [0.3, 0.4) is 0 Å². The maximum absolute atomic E-state index is 13.2. The number of nitrogens with zero attached hydrogens (tertiary/aromatic N) is 5. The molecular formula is C34H30ClN7O4S. The Hall–Kier alpha value is -5.33. The lowest BCUT2D eigenvalue weighted by atomic mass is 9.92. The Kier molecular flexibility index (Phi) is 7.61. The predicted molar refractivity (Wildman–Crippen MR) is 182 cm³/mol. The van der Waals surface area contributed by atoms with E-state index in [1.54, 1.807) is 40.5 Å². The molecule has 0 atom stereocenters. The summed E-state index contributed by atoms with van der Waals surface area (Å²) in [6, 6.07) is 19.6. The van der Waals surface area contributed by atoms with Gasteiger partial charge in [-0.2, -0.15) is 5.10 Å². The van der Waals surface area contributed by atoms with Gasteiger partial charge in [-0.25, -0.2) is 19.4 Å². The van der Waals surface area contributed by atoms with Gasteiger partial charge in [0.25, 0.3) is 0 Å². The van der Waals surface area contributed by atoms with Gasteiger partial charge in [-0.05, 0) is 43.3 Å². The lowest BCUT2D eigenvalue weighted by molar-refractivity contribution is 0.251. The minimum atomic E-state index is -0.424. The number of fused-ring (bicyclic) bond motifs is 3. The van der Waals surface area contributed by atoms with Gasteiger partial charge in [0.2, 0.25) is 5.89 Å². The van der Waals surface area contributed by atoms with Gasteiger partial charge >= 0.3 is 6.03 Å². The fourth-order valence-corrected chi connectivity index (χ4v) is 6.26. The number of hydrogen-bond donors (Lipinski definition) is 3. The lowest BCUT2D eigenvalue weighted by Gasteiger charge is -2.14. The van der Waals surface area contributed by atoms with E-state index in [2.05, 4.69) is 20.6 Å². The number of anilines is 1. The molecule has 47 heavy (non-hydrogen) atoms. The number of hydrogen-bond acceptors (Lipinski definition) is 8. The number of aromatic nitrogens is 5. The van der Waals surface area contributed by atoms with Crippen LogP contribution in [0, 0.1) is 6.92 Å². The number of para-hydroxylation sites is 1. The van der Waals surface area contributed by atoms with Gasteiger partial charge in [0, 0.05) is 29.7 Å². The average Bonchev–Trinajstić information content (AvgIpc) is 3.82. The number of nitrogens with one attached hydrogen (secondary N) is 2. The summed E-state index contributed by atoms with van der Waals surface area (Å²) in [6.45, 7) is 8.18.